The lowest BCUT2D eigenvalue weighted by Crippen LogP contribution is -1.75. The van der Waals surface area contributed by atoms with Crippen LogP contribution in [0, 0.1) is 0 Å². The number of H-pyrrole nitrogens is 2. The number of aromatic nitrogens is 8. The minimum atomic E-state index is 0. The van der Waals surface area contributed by atoms with Gasteiger partial charge < -0.3 is 9.97 Å². The van der Waals surface area contributed by atoms with Crippen LogP contribution in [-0.4, -0.2) is 39.9 Å². The van der Waals surface area contributed by atoms with Crippen LogP contribution >= 0.6 is 17.0 Å². The van der Waals surface area contributed by atoms with Crippen molar-refractivity contribution in [3.8, 4) is 0 Å². The predicted molar refractivity (Wildman–Crippen MR) is 206 cm³/mol. The third-order valence-corrected chi connectivity index (χ3v) is 6.31. The largest absolute Gasteiger partial charge is 0.355 e. The summed E-state index contributed by atoms with van der Waals surface area (Å²) in [7, 11) is 0. The molecule has 0 aliphatic carbocycles. The average Bonchev–Trinajstić information content (AvgIpc) is 4.00. The number of rotatable bonds is 0. The smallest absolute Gasteiger partial charge is 0.0658 e. The molecule has 0 saturated heterocycles. The summed E-state index contributed by atoms with van der Waals surface area (Å²) in [4.78, 5) is 31.2. The molecule has 49 heavy (non-hydrogen) atoms. The highest BCUT2D eigenvalue weighted by atomic mass is 79.9. The Balaban J connectivity index is 0.000000175. The summed E-state index contributed by atoms with van der Waals surface area (Å²) in [5, 5.41) is 0. The first-order valence-corrected chi connectivity index (χ1v) is 15.2. The van der Waals surface area contributed by atoms with Crippen molar-refractivity contribution in [1.29, 1.82) is 0 Å². The molecule has 2 N–H and O–H groups in total. The first-order valence-electron chi connectivity index (χ1n) is 15.2. The van der Waals surface area contributed by atoms with Crippen LogP contribution in [-0.2, 0) is 0 Å². The van der Waals surface area contributed by atoms with Crippen molar-refractivity contribution >= 4 is 63.4 Å². The van der Waals surface area contributed by atoms with Crippen LogP contribution in [0.3, 0.4) is 0 Å². The van der Waals surface area contributed by atoms with E-state index in [1.165, 1.54) is 0 Å². The minimum Gasteiger partial charge on any atom is -0.355 e. The number of fused-ring (bicyclic) bond motifs is 8. The summed E-state index contributed by atoms with van der Waals surface area (Å²) in [5.41, 5.74) is 7.86. The van der Waals surface area contributed by atoms with Gasteiger partial charge in [0.1, 0.15) is 0 Å². The Labute approximate surface area is 295 Å². The van der Waals surface area contributed by atoms with Crippen molar-refractivity contribution in [1.82, 2.24) is 39.9 Å². The maximum Gasteiger partial charge on any atom is 0.0658 e. The van der Waals surface area contributed by atoms with Gasteiger partial charge in [0.15, 0.2) is 0 Å². The number of pyridine rings is 4. The molecule has 9 heteroatoms. The van der Waals surface area contributed by atoms with Gasteiger partial charge in [-0.15, -0.1) is 17.0 Å². The topological polar surface area (TPSA) is 109 Å². The van der Waals surface area contributed by atoms with Crippen LogP contribution in [0.4, 0.5) is 0 Å². The van der Waals surface area contributed by atoms with E-state index in [4.69, 9.17) is 0 Å². The molecule has 0 saturated carbocycles. The SMILES string of the molecule is Br.C1=Cc2cc3ccc(cc4nc(cc5ccc(cc1n2)[nH]5)C=C4)[nH]3.c1ccncc1.c1ccncc1.c1ccncc1.c1ccncc1. The summed E-state index contributed by atoms with van der Waals surface area (Å²) >= 11 is 0. The zero-order valence-electron chi connectivity index (χ0n) is 26.6. The second-order valence-electron chi connectivity index (χ2n) is 10.0. The maximum atomic E-state index is 4.63. The van der Waals surface area contributed by atoms with Crippen LogP contribution in [0.5, 0.6) is 0 Å². The van der Waals surface area contributed by atoms with E-state index in [9.17, 15) is 0 Å². The summed E-state index contributed by atoms with van der Waals surface area (Å²) in [6.45, 7) is 0. The molecule has 8 nitrogen and oxygen atoms in total. The molecular formula is C40H35BrN8. The molecule has 8 bridgehead atoms. The lowest BCUT2D eigenvalue weighted by atomic mass is 10.3. The zero-order valence-corrected chi connectivity index (χ0v) is 28.3. The van der Waals surface area contributed by atoms with E-state index in [1.54, 1.807) is 49.6 Å². The van der Waals surface area contributed by atoms with E-state index in [1.807, 2.05) is 121 Å². The predicted octanol–water partition coefficient (Wildman–Crippen LogP) is 9.56. The highest BCUT2D eigenvalue weighted by molar-refractivity contribution is 8.93. The normalized spacial score (nSPS) is 10.1. The Hall–Kier alpha value is -6.32. The van der Waals surface area contributed by atoms with E-state index >= 15 is 0 Å². The monoisotopic (exact) mass is 706 g/mol. The van der Waals surface area contributed by atoms with Gasteiger partial charge in [-0.1, -0.05) is 24.3 Å². The third-order valence-electron chi connectivity index (χ3n) is 6.31. The van der Waals surface area contributed by atoms with Gasteiger partial charge in [0.2, 0.25) is 0 Å². The Morgan fingerprint density at radius 2 is 0.531 bits per heavy atom. The molecule has 0 amide bonds. The van der Waals surface area contributed by atoms with Gasteiger partial charge in [-0.2, -0.15) is 0 Å². The summed E-state index contributed by atoms with van der Waals surface area (Å²) in [5.74, 6) is 0. The summed E-state index contributed by atoms with van der Waals surface area (Å²) in [6.07, 6.45) is 22.1. The van der Waals surface area contributed by atoms with Crippen molar-refractivity contribution in [2.75, 3.05) is 0 Å². The Morgan fingerprint density at radius 3 is 0.694 bits per heavy atom. The average molecular weight is 708 g/mol. The molecule has 0 aromatic carbocycles. The van der Waals surface area contributed by atoms with Gasteiger partial charge in [0.25, 0.3) is 0 Å². The molecule has 7 aromatic rings. The number of nitrogens with one attached hydrogen (secondary N) is 2. The van der Waals surface area contributed by atoms with Crippen LogP contribution in [0.2, 0.25) is 0 Å². The number of halogens is 1. The van der Waals surface area contributed by atoms with E-state index in [0.29, 0.717) is 0 Å². The van der Waals surface area contributed by atoms with E-state index in [-0.39, 0.29) is 17.0 Å². The van der Waals surface area contributed by atoms with Gasteiger partial charge in [0.05, 0.1) is 22.8 Å². The molecule has 0 atom stereocenters. The fourth-order valence-corrected chi connectivity index (χ4v) is 4.19. The molecule has 2 aliphatic heterocycles. The molecule has 242 valence electrons. The fourth-order valence-electron chi connectivity index (χ4n) is 4.19. The molecular weight excluding hydrogens is 672 g/mol. The number of aromatic amines is 2. The lowest BCUT2D eigenvalue weighted by Gasteiger charge is -1.85. The quantitative estimate of drug-likeness (QED) is 0.163. The molecule has 0 spiro atoms. The van der Waals surface area contributed by atoms with Gasteiger partial charge in [-0.3, -0.25) is 19.9 Å². The van der Waals surface area contributed by atoms with Gasteiger partial charge in [-0.05, 0) is 121 Å². The van der Waals surface area contributed by atoms with E-state index in [0.717, 1.165) is 44.8 Å². The summed E-state index contributed by atoms with van der Waals surface area (Å²) < 4.78 is 0. The van der Waals surface area contributed by atoms with Gasteiger partial charge in [0, 0.05) is 71.6 Å². The zero-order chi connectivity index (χ0) is 32.9. The van der Waals surface area contributed by atoms with Crippen LogP contribution in [0.15, 0.2) is 171 Å². The fraction of sp³-hybridized carbons (Fsp3) is 0. The minimum absolute atomic E-state index is 0. The van der Waals surface area contributed by atoms with Crippen molar-refractivity contribution in [2.24, 2.45) is 0 Å². The Kier molecular flexibility index (Phi) is 15.0. The van der Waals surface area contributed by atoms with Crippen LogP contribution in [0.25, 0.3) is 46.4 Å². The second kappa shape index (κ2) is 20.7. The molecule has 9 heterocycles. The van der Waals surface area contributed by atoms with E-state index < -0.39 is 0 Å². The number of hydrogen-bond donors (Lipinski definition) is 2. The Morgan fingerprint density at radius 1 is 0.306 bits per heavy atom. The molecule has 0 radical (unpaired) electrons. The highest BCUT2D eigenvalue weighted by Gasteiger charge is 2.01. The molecule has 0 unspecified atom stereocenters. The van der Waals surface area contributed by atoms with Crippen LogP contribution < -0.4 is 0 Å². The standard InChI is InChI=1S/C20H14N4.4C5H5N.BrH/c1-2-14-10-16-5-6-18(23-16)12-20-8-7-19(24-20)11-17-4-3-15(22-17)9-13(1)21-14;4*1-2-4-6-5-3-1;/h1-12,21,24H;4*1-5H;1H. The van der Waals surface area contributed by atoms with Gasteiger partial charge in [-0.25, -0.2) is 9.97 Å². The summed E-state index contributed by atoms with van der Waals surface area (Å²) in [6, 6.07) is 39.2. The maximum absolute atomic E-state index is 4.63. The van der Waals surface area contributed by atoms with Crippen molar-refractivity contribution in [3.63, 3.8) is 0 Å². The number of nitrogens with zero attached hydrogens (tertiary/aromatic N) is 6. The molecule has 9 rings (SSSR count). The van der Waals surface area contributed by atoms with Crippen molar-refractivity contribution < 1.29 is 0 Å². The molecule has 0 fully saturated rings. The second-order valence-corrected chi connectivity index (χ2v) is 10.0. The van der Waals surface area contributed by atoms with Crippen molar-refractivity contribution in [3.05, 3.63) is 194 Å². The molecule has 2 aliphatic rings. The first kappa shape index (κ1) is 35.5. The molecule has 7 aromatic heterocycles. The third kappa shape index (κ3) is 13.5. The number of hydrogen-bond acceptors (Lipinski definition) is 6. The lowest BCUT2D eigenvalue weighted by molar-refractivity contribution is 1.31. The van der Waals surface area contributed by atoms with Crippen molar-refractivity contribution in [2.45, 2.75) is 0 Å². The van der Waals surface area contributed by atoms with E-state index in [2.05, 4.69) is 64.1 Å². The highest BCUT2D eigenvalue weighted by Crippen LogP contribution is 2.17. The van der Waals surface area contributed by atoms with Crippen LogP contribution in [0.1, 0.15) is 22.8 Å². The first-order chi connectivity index (χ1) is 23.8. The Bertz CT molecular complexity index is 1720. The van der Waals surface area contributed by atoms with Gasteiger partial charge >= 0.3 is 0 Å².